The SMILES string of the molecule is CC[C@H]1CC[C@@H]2C(C)=C(F)O[C@@H](O)[C@H]12. The summed E-state index contributed by atoms with van der Waals surface area (Å²) in [5, 5.41) is 9.67. The van der Waals surface area contributed by atoms with Gasteiger partial charge in [-0.3, -0.25) is 0 Å². The summed E-state index contributed by atoms with van der Waals surface area (Å²) in [6, 6.07) is -0.560. The van der Waals surface area contributed by atoms with Gasteiger partial charge in [0.05, 0.1) is 0 Å². The number of fused-ring (bicyclic) bond motifs is 1. The Bertz CT molecular complexity index is 262. The lowest BCUT2D eigenvalue weighted by molar-refractivity contribution is -0.151. The molecule has 2 nitrogen and oxygen atoms in total. The molecule has 1 saturated carbocycles. The predicted molar refractivity (Wildman–Crippen MR) is 50.9 cm³/mol. The van der Waals surface area contributed by atoms with Crippen LogP contribution < -0.4 is 0 Å². The molecule has 1 N–H and O–H groups in total. The van der Waals surface area contributed by atoms with E-state index in [-0.39, 0.29) is 11.8 Å². The molecule has 3 heteroatoms. The Balaban J connectivity index is 2.26. The summed E-state index contributed by atoms with van der Waals surface area (Å²) < 4.78 is 18.0. The van der Waals surface area contributed by atoms with Crippen molar-refractivity contribution in [3.63, 3.8) is 0 Å². The molecule has 0 aromatic rings. The zero-order chi connectivity index (χ0) is 10.3. The molecule has 4 atom stereocenters. The Kier molecular flexibility index (Phi) is 2.52. The van der Waals surface area contributed by atoms with Crippen molar-refractivity contribution >= 4 is 0 Å². The second-order valence-corrected chi connectivity index (χ2v) is 4.39. The molecule has 0 saturated heterocycles. The van der Waals surface area contributed by atoms with Gasteiger partial charge in [-0.1, -0.05) is 13.3 Å². The van der Waals surface area contributed by atoms with Crippen molar-refractivity contribution in [2.45, 2.75) is 39.4 Å². The largest absolute Gasteiger partial charge is 0.441 e. The summed E-state index contributed by atoms with van der Waals surface area (Å²) in [5.74, 6) is 0.793. The number of halogens is 1. The van der Waals surface area contributed by atoms with Crippen molar-refractivity contribution in [1.82, 2.24) is 0 Å². The molecule has 0 aromatic carbocycles. The first-order chi connectivity index (χ1) is 6.65. The van der Waals surface area contributed by atoms with E-state index in [0.717, 1.165) is 19.3 Å². The van der Waals surface area contributed by atoms with Crippen molar-refractivity contribution in [2.24, 2.45) is 17.8 Å². The first-order valence-corrected chi connectivity index (χ1v) is 5.36. The molecule has 0 bridgehead atoms. The Labute approximate surface area is 83.8 Å². The van der Waals surface area contributed by atoms with Crippen molar-refractivity contribution < 1.29 is 14.2 Å². The van der Waals surface area contributed by atoms with E-state index in [1.165, 1.54) is 0 Å². The van der Waals surface area contributed by atoms with E-state index in [9.17, 15) is 9.50 Å². The first kappa shape index (κ1) is 9.97. The lowest BCUT2D eigenvalue weighted by Crippen LogP contribution is -2.35. The van der Waals surface area contributed by atoms with Crippen molar-refractivity contribution in [1.29, 1.82) is 0 Å². The number of allylic oxidation sites excluding steroid dienone is 1. The molecule has 0 radical (unpaired) electrons. The lowest BCUT2D eigenvalue weighted by atomic mass is 9.82. The van der Waals surface area contributed by atoms with Crippen molar-refractivity contribution in [3.8, 4) is 0 Å². The number of aliphatic hydroxyl groups is 1. The maximum atomic E-state index is 13.2. The van der Waals surface area contributed by atoms with Gasteiger partial charge in [0.2, 0.25) is 6.29 Å². The molecular weight excluding hydrogens is 183 g/mol. The fourth-order valence-corrected chi connectivity index (χ4v) is 2.94. The summed E-state index contributed by atoms with van der Waals surface area (Å²) in [6.45, 7) is 3.89. The molecule has 2 rings (SSSR count). The van der Waals surface area contributed by atoms with Crippen molar-refractivity contribution in [3.05, 3.63) is 11.6 Å². The minimum Gasteiger partial charge on any atom is -0.441 e. The van der Waals surface area contributed by atoms with Crippen LogP contribution in [0.1, 0.15) is 33.1 Å². The summed E-state index contributed by atoms with van der Waals surface area (Å²) in [7, 11) is 0. The molecule has 1 heterocycles. The second-order valence-electron chi connectivity index (χ2n) is 4.39. The number of aliphatic hydroxyl groups excluding tert-OH is 1. The third kappa shape index (κ3) is 1.34. The summed E-state index contributed by atoms with van der Waals surface area (Å²) in [4.78, 5) is 0. The fraction of sp³-hybridized carbons (Fsp3) is 0.818. The highest BCUT2D eigenvalue weighted by Crippen LogP contribution is 2.48. The van der Waals surface area contributed by atoms with Gasteiger partial charge in [-0.25, -0.2) is 0 Å². The van der Waals surface area contributed by atoms with Gasteiger partial charge in [0.25, 0.3) is 6.01 Å². The molecule has 1 aliphatic carbocycles. The standard InChI is InChI=1S/C11H17FO2/c1-3-7-4-5-8-6(2)10(12)14-11(13)9(7)8/h7-9,11,13H,3-5H2,1-2H3/t7-,8+,9+,11+/m0/s1. The first-order valence-electron chi connectivity index (χ1n) is 5.36. The molecule has 0 amide bonds. The molecule has 14 heavy (non-hydrogen) atoms. The second kappa shape index (κ2) is 3.54. The number of hydrogen-bond acceptors (Lipinski definition) is 2. The van der Waals surface area contributed by atoms with E-state index in [2.05, 4.69) is 6.92 Å². The van der Waals surface area contributed by atoms with E-state index in [0.29, 0.717) is 11.5 Å². The van der Waals surface area contributed by atoms with Crippen LogP contribution in [-0.4, -0.2) is 11.4 Å². The van der Waals surface area contributed by atoms with E-state index >= 15 is 0 Å². The molecule has 80 valence electrons. The highest BCUT2D eigenvalue weighted by atomic mass is 19.1. The average Bonchev–Trinajstić information content (AvgIpc) is 2.58. The Morgan fingerprint density at radius 2 is 2.21 bits per heavy atom. The van der Waals surface area contributed by atoms with Gasteiger partial charge in [0, 0.05) is 11.5 Å². The quantitative estimate of drug-likeness (QED) is 0.705. The lowest BCUT2D eigenvalue weighted by Gasteiger charge is -2.33. The van der Waals surface area contributed by atoms with E-state index in [1.54, 1.807) is 6.92 Å². The van der Waals surface area contributed by atoms with Gasteiger partial charge >= 0.3 is 0 Å². The van der Waals surface area contributed by atoms with Crippen LogP contribution in [0.5, 0.6) is 0 Å². The Hall–Kier alpha value is -0.570. The third-order valence-corrected chi connectivity index (χ3v) is 3.80. The van der Waals surface area contributed by atoms with Gasteiger partial charge in [-0.2, -0.15) is 4.39 Å². The zero-order valence-electron chi connectivity index (χ0n) is 8.66. The normalized spacial score (nSPS) is 42.3. The number of hydrogen-bond donors (Lipinski definition) is 1. The van der Waals surface area contributed by atoms with Gasteiger partial charge in [-0.15, -0.1) is 0 Å². The molecule has 0 spiro atoms. The fourth-order valence-electron chi connectivity index (χ4n) is 2.94. The topological polar surface area (TPSA) is 29.5 Å². The minimum atomic E-state index is -0.934. The van der Waals surface area contributed by atoms with E-state index < -0.39 is 12.3 Å². The van der Waals surface area contributed by atoms with Crippen LogP contribution in [0.25, 0.3) is 0 Å². The average molecular weight is 200 g/mol. The van der Waals surface area contributed by atoms with Gasteiger partial charge in [-0.05, 0) is 31.6 Å². The Morgan fingerprint density at radius 3 is 2.86 bits per heavy atom. The smallest absolute Gasteiger partial charge is 0.274 e. The molecule has 1 fully saturated rings. The Morgan fingerprint density at radius 1 is 1.50 bits per heavy atom. The summed E-state index contributed by atoms with van der Waals surface area (Å²) in [6.07, 6.45) is 2.17. The molecule has 2 aliphatic rings. The third-order valence-electron chi connectivity index (χ3n) is 3.80. The predicted octanol–water partition coefficient (Wildman–Crippen LogP) is 2.59. The molecular formula is C11H17FO2. The maximum Gasteiger partial charge on any atom is 0.274 e. The summed E-state index contributed by atoms with van der Waals surface area (Å²) in [5.41, 5.74) is 0.691. The number of ether oxygens (including phenoxy) is 1. The van der Waals surface area contributed by atoms with Crippen LogP contribution in [0.4, 0.5) is 4.39 Å². The van der Waals surface area contributed by atoms with Crippen LogP contribution in [-0.2, 0) is 4.74 Å². The van der Waals surface area contributed by atoms with Gasteiger partial charge < -0.3 is 9.84 Å². The van der Waals surface area contributed by atoms with Crippen LogP contribution in [0.2, 0.25) is 0 Å². The van der Waals surface area contributed by atoms with Gasteiger partial charge in [0.15, 0.2) is 0 Å². The monoisotopic (exact) mass is 200 g/mol. The van der Waals surface area contributed by atoms with Crippen LogP contribution >= 0.6 is 0 Å². The highest BCUT2D eigenvalue weighted by molar-refractivity contribution is 5.13. The maximum absolute atomic E-state index is 13.2. The summed E-state index contributed by atoms with van der Waals surface area (Å²) >= 11 is 0. The van der Waals surface area contributed by atoms with Crippen LogP contribution in [0.15, 0.2) is 11.6 Å². The molecule has 1 aliphatic heterocycles. The molecule has 0 aromatic heterocycles. The van der Waals surface area contributed by atoms with E-state index in [1.807, 2.05) is 0 Å². The van der Waals surface area contributed by atoms with Gasteiger partial charge in [0.1, 0.15) is 0 Å². The zero-order valence-corrected chi connectivity index (χ0v) is 8.66. The van der Waals surface area contributed by atoms with Crippen LogP contribution in [0.3, 0.4) is 0 Å². The van der Waals surface area contributed by atoms with Crippen LogP contribution in [0, 0.1) is 17.8 Å². The van der Waals surface area contributed by atoms with Crippen molar-refractivity contribution in [2.75, 3.05) is 0 Å². The number of rotatable bonds is 1. The molecule has 0 unspecified atom stereocenters. The van der Waals surface area contributed by atoms with E-state index in [4.69, 9.17) is 4.74 Å². The minimum absolute atomic E-state index is 0.111. The highest BCUT2D eigenvalue weighted by Gasteiger charge is 2.45.